The first-order valence-electron chi connectivity index (χ1n) is 5.24. The molecule has 1 heterocycles. The van der Waals surface area contributed by atoms with Gasteiger partial charge in [-0.05, 0) is 23.8 Å². The minimum atomic E-state index is -0.405. The molecule has 0 saturated heterocycles. The topological polar surface area (TPSA) is 71.8 Å². The molecule has 1 aromatic carbocycles. The van der Waals surface area contributed by atoms with E-state index in [1.807, 2.05) is 6.07 Å². The maximum absolute atomic E-state index is 13.1. The van der Waals surface area contributed by atoms with Gasteiger partial charge < -0.3 is 10.3 Å². The summed E-state index contributed by atoms with van der Waals surface area (Å²) in [6, 6.07) is 7.29. The average Bonchev–Trinajstić information content (AvgIpc) is 2.34. The van der Waals surface area contributed by atoms with Gasteiger partial charge in [0.25, 0.3) is 0 Å². The monoisotopic (exact) mass is 243 g/mol. The molecule has 0 aliphatic heterocycles. The highest BCUT2D eigenvalue weighted by molar-refractivity contribution is 5.39. The molecule has 0 spiro atoms. The summed E-state index contributed by atoms with van der Waals surface area (Å²) in [6.07, 6.45) is 3.01. The number of halogens is 1. The number of nitriles is 1. The number of aromatic nitrogens is 1. The molecule has 5 heteroatoms. The molecule has 0 aliphatic carbocycles. The van der Waals surface area contributed by atoms with E-state index in [2.05, 4.69) is 0 Å². The molecular weight excluding hydrogens is 233 g/mol. The average molecular weight is 243 g/mol. The molecule has 2 aromatic rings. The zero-order valence-corrected chi connectivity index (χ0v) is 9.43. The Balaban J connectivity index is 2.39. The van der Waals surface area contributed by atoms with Crippen LogP contribution in [-0.2, 0) is 6.54 Å². The predicted molar refractivity (Wildman–Crippen MR) is 65.3 cm³/mol. The fourth-order valence-electron chi connectivity index (χ4n) is 1.64. The van der Waals surface area contributed by atoms with Gasteiger partial charge in [0.15, 0.2) is 0 Å². The number of anilines is 1. The minimum Gasteiger partial charge on any atom is -0.394 e. The fourth-order valence-corrected chi connectivity index (χ4v) is 1.64. The summed E-state index contributed by atoms with van der Waals surface area (Å²) in [5.41, 5.74) is 6.30. The zero-order valence-electron chi connectivity index (χ0n) is 9.43. The number of nitrogen functional groups attached to an aromatic ring is 1. The van der Waals surface area contributed by atoms with E-state index in [1.54, 1.807) is 10.8 Å². The summed E-state index contributed by atoms with van der Waals surface area (Å²) in [7, 11) is 0. The molecule has 0 fully saturated rings. The van der Waals surface area contributed by atoms with E-state index in [0.29, 0.717) is 11.1 Å². The molecule has 4 nitrogen and oxygen atoms in total. The van der Waals surface area contributed by atoms with Gasteiger partial charge in [0.2, 0.25) is 5.43 Å². The van der Waals surface area contributed by atoms with Gasteiger partial charge in [-0.25, -0.2) is 4.39 Å². The molecule has 0 unspecified atom stereocenters. The molecule has 0 atom stereocenters. The van der Waals surface area contributed by atoms with Crippen LogP contribution in [0.25, 0.3) is 0 Å². The highest BCUT2D eigenvalue weighted by Crippen LogP contribution is 2.12. The van der Waals surface area contributed by atoms with Crippen molar-refractivity contribution >= 4 is 5.69 Å². The Morgan fingerprint density at radius 1 is 1.39 bits per heavy atom. The van der Waals surface area contributed by atoms with Gasteiger partial charge in [-0.15, -0.1) is 0 Å². The normalized spacial score (nSPS) is 10.0. The number of hydrogen-bond acceptors (Lipinski definition) is 3. The van der Waals surface area contributed by atoms with Crippen molar-refractivity contribution in [3.63, 3.8) is 0 Å². The van der Waals surface area contributed by atoms with Crippen LogP contribution in [0.1, 0.15) is 11.1 Å². The van der Waals surface area contributed by atoms with Crippen molar-refractivity contribution in [2.75, 3.05) is 5.73 Å². The quantitative estimate of drug-likeness (QED) is 0.868. The highest BCUT2D eigenvalue weighted by atomic mass is 19.1. The fraction of sp³-hybridized carbons (Fsp3) is 0.0769. The van der Waals surface area contributed by atoms with E-state index in [4.69, 9.17) is 11.0 Å². The van der Waals surface area contributed by atoms with Crippen molar-refractivity contribution in [3.8, 4) is 6.07 Å². The first-order valence-corrected chi connectivity index (χ1v) is 5.24. The van der Waals surface area contributed by atoms with Gasteiger partial charge in [-0.3, -0.25) is 4.79 Å². The Labute approximate surface area is 103 Å². The van der Waals surface area contributed by atoms with Crippen molar-refractivity contribution in [3.05, 3.63) is 63.8 Å². The van der Waals surface area contributed by atoms with E-state index < -0.39 is 5.82 Å². The lowest BCUT2D eigenvalue weighted by molar-refractivity contribution is 0.623. The van der Waals surface area contributed by atoms with Gasteiger partial charge in [-0.2, -0.15) is 5.26 Å². The van der Waals surface area contributed by atoms with Crippen LogP contribution in [0.15, 0.2) is 41.5 Å². The van der Waals surface area contributed by atoms with Crippen molar-refractivity contribution in [1.29, 1.82) is 5.26 Å². The number of hydrogen-bond donors (Lipinski definition) is 1. The molecule has 18 heavy (non-hydrogen) atoms. The van der Waals surface area contributed by atoms with Crippen LogP contribution in [0.5, 0.6) is 0 Å². The van der Waals surface area contributed by atoms with Crippen molar-refractivity contribution < 1.29 is 4.39 Å². The van der Waals surface area contributed by atoms with Crippen LogP contribution in [-0.4, -0.2) is 4.57 Å². The number of nitrogens with zero attached hydrogens (tertiary/aromatic N) is 2. The number of benzene rings is 1. The SMILES string of the molecule is N#Cc1ccc(F)cc1Cn1ccc(=O)c(N)c1. The number of nitrogens with two attached hydrogens (primary N) is 1. The van der Waals surface area contributed by atoms with E-state index in [-0.39, 0.29) is 17.7 Å². The first-order chi connectivity index (χ1) is 8.60. The van der Waals surface area contributed by atoms with Gasteiger partial charge in [0.05, 0.1) is 17.3 Å². The number of pyridine rings is 1. The second-order valence-electron chi connectivity index (χ2n) is 3.85. The Kier molecular flexibility index (Phi) is 3.11. The molecule has 1 aromatic heterocycles. The van der Waals surface area contributed by atoms with E-state index >= 15 is 0 Å². The second kappa shape index (κ2) is 4.72. The standard InChI is InChI=1S/C13H10FN3O/c14-11-2-1-9(6-15)10(5-11)7-17-4-3-13(18)12(16)8-17/h1-5,8H,7,16H2. The van der Waals surface area contributed by atoms with Crippen LogP contribution in [0.3, 0.4) is 0 Å². The molecule has 0 saturated carbocycles. The minimum absolute atomic E-state index is 0.118. The summed E-state index contributed by atoms with van der Waals surface area (Å²) in [6.45, 7) is 0.283. The summed E-state index contributed by atoms with van der Waals surface area (Å²) < 4.78 is 14.8. The van der Waals surface area contributed by atoms with Crippen molar-refractivity contribution in [1.82, 2.24) is 4.57 Å². The maximum atomic E-state index is 13.1. The molecule has 0 bridgehead atoms. The Morgan fingerprint density at radius 2 is 2.17 bits per heavy atom. The lowest BCUT2D eigenvalue weighted by Gasteiger charge is -2.08. The number of rotatable bonds is 2. The van der Waals surface area contributed by atoms with E-state index in [1.165, 1.54) is 30.5 Å². The largest absolute Gasteiger partial charge is 0.394 e. The van der Waals surface area contributed by atoms with Crippen molar-refractivity contribution in [2.45, 2.75) is 6.54 Å². The molecule has 0 radical (unpaired) electrons. The molecular formula is C13H10FN3O. The van der Waals surface area contributed by atoms with Gasteiger partial charge in [-0.1, -0.05) is 0 Å². The molecule has 2 N–H and O–H groups in total. The Hall–Kier alpha value is -2.61. The predicted octanol–water partition coefficient (Wildman–Crippen LogP) is 1.49. The van der Waals surface area contributed by atoms with Crippen LogP contribution in [0.2, 0.25) is 0 Å². The van der Waals surface area contributed by atoms with Crippen LogP contribution >= 0.6 is 0 Å². The third-order valence-corrected chi connectivity index (χ3v) is 2.55. The second-order valence-corrected chi connectivity index (χ2v) is 3.85. The van der Waals surface area contributed by atoms with E-state index in [9.17, 15) is 9.18 Å². The van der Waals surface area contributed by atoms with Crippen LogP contribution in [0.4, 0.5) is 10.1 Å². The lowest BCUT2D eigenvalue weighted by Crippen LogP contribution is -2.11. The summed E-state index contributed by atoms with van der Waals surface area (Å²) >= 11 is 0. The van der Waals surface area contributed by atoms with E-state index in [0.717, 1.165) is 0 Å². The van der Waals surface area contributed by atoms with Crippen LogP contribution < -0.4 is 11.2 Å². The summed E-state index contributed by atoms with van der Waals surface area (Å²) in [4.78, 5) is 11.2. The third kappa shape index (κ3) is 2.38. The van der Waals surface area contributed by atoms with Crippen molar-refractivity contribution in [2.24, 2.45) is 0 Å². The Morgan fingerprint density at radius 3 is 2.83 bits per heavy atom. The van der Waals surface area contributed by atoms with Gasteiger partial charge >= 0.3 is 0 Å². The smallest absolute Gasteiger partial charge is 0.204 e. The third-order valence-electron chi connectivity index (χ3n) is 2.55. The zero-order chi connectivity index (χ0) is 13.1. The summed E-state index contributed by atoms with van der Waals surface area (Å²) in [5.74, 6) is -0.405. The highest BCUT2D eigenvalue weighted by Gasteiger charge is 2.05. The van der Waals surface area contributed by atoms with Crippen LogP contribution in [0, 0.1) is 17.1 Å². The van der Waals surface area contributed by atoms with Gasteiger partial charge in [0.1, 0.15) is 5.82 Å². The lowest BCUT2D eigenvalue weighted by atomic mass is 10.1. The summed E-state index contributed by atoms with van der Waals surface area (Å²) in [5, 5.41) is 8.93. The van der Waals surface area contributed by atoms with Gasteiger partial charge in [0, 0.05) is 25.0 Å². The molecule has 90 valence electrons. The molecule has 0 aliphatic rings. The molecule has 0 amide bonds. The maximum Gasteiger partial charge on any atom is 0.204 e. The molecule has 2 rings (SSSR count). The first kappa shape index (κ1) is 11.9. The Bertz CT molecular complexity index is 685.